The Morgan fingerprint density at radius 1 is 1.05 bits per heavy atom. The van der Waals surface area contributed by atoms with Crippen LogP contribution in [0.5, 0.6) is 0 Å². The van der Waals surface area contributed by atoms with Crippen molar-refractivity contribution >= 4 is 34.7 Å². The molecule has 3 aromatic rings. The Balaban J connectivity index is 1.67. The minimum Gasteiger partial charge on any atom is -0.149 e. The fourth-order valence-corrected chi connectivity index (χ4v) is 3.40. The SMILES string of the molecule is Clc1cccc(CSc2ccc(-c3cccs3)nn2)c1. The molecule has 0 bridgehead atoms. The van der Waals surface area contributed by atoms with Gasteiger partial charge in [0.05, 0.1) is 4.88 Å². The Morgan fingerprint density at radius 3 is 2.70 bits per heavy atom. The molecule has 0 saturated carbocycles. The van der Waals surface area contributed by atoms with Crippen molar-refractivity contribution in [3.05, 3.63) is 64.5 Å². The van der Waals surface area contributed by atoms with E-state index in [1.165, 1.54) is 5.56 Å². The summed E-state index contributed by atoms with van der Waals surface area (Å²) in [4.78, 5) is 1.14. The van der Waals surface area contributed by atoms with E-state index in [0.717, 1.165) is 26.4 Å². The lowest BCUT2D eigenvalue weighted by atomic mass is 10.2. The molecule has 100 valence electrons. The topological polar surface area (TPSA) is 25.8 Å². The molecule has 0 unspecified atom stereocenters. The first-order valence-electron chi connectivity index (χ1n) is 6.06. The van der Waals surface area contributed by atoms with Crippen LogP contribution in [-0.2, 0) is 5.75 Å². The molecule has 3 rings (SSSR count). The summed E-state index contributed by atoms with van der Waals surface area (Å²) < 4.78 is 0. The van der Waals surface area contributed by atoms with Gasteiger partial charge in [0.25, 0.3) is 0 Å². The van der Waals surface area contributed by atoms with Crippen LogP contribution in [-0.4, -0.2) is 10.2 Å². The first kappa shape index (κ1) is 13.6. The zero-order valence-corrected chi connectivity index (χ0v) is 12.9. The molecule has 0 fully saturated rings. The Kier molecular flexibility index (Phi) is 4.35. The lowest BCUT2D eigenvalue weighted by Gasteiger charge is -2.02. The average Bonchev–Trinajstić information content (AvgIpc) is 3.00. The van der Waals surface area contributed by atoms with Crippen molar-refractivity contribution in [2.75, 3.05) is 0 Å². The summed E-state index contributed by atoms with van der Waals surface area (Å²) in [5, 5.41) is 12.3. The Morgan fingerprint density at radius 2 is 2.00 bits per heavy atom. The first-order chi connectivity index (χ1) is 9.81. The summed E-state index contributed by atoms with van der Waals surface area (Å²) in [5.41, 5.74) is 2.11. The van der Waals surface area contributed by atoms with Crippen LogP contribution >= 0.6 is 34.7 Å². The standard InChI is InChI=1S/C15H11ClN2S2/c16-12-4-1-3-11(9-12)10-20-15-7-6-13(17-18-15)14-5-2-8-19-14/h1-9H,10H2. The Bertz CT molecular complexity index is 681. The molecule has 5 heteroatoms. The third-order valence-corrected chi connectivity index (χ3v) is 4.81. The van der Waals surface area contributed by atoms with Crippen LogP contribution in [0.2, 0.25) is 5.02 Å². The number of thiophene rings is 1. The van der Waals surface area contributed by atoms with Crippen molar-refractivity contribution in [2.45, 2.75) is 10.8 Å². The molecule has 0 radical (unpaired) electrons. The maximum Gasteiger partial charge on any atom is 0.119 e. The first-order valence-corrected chi connectivity index (χ1v) is 8.30. The molecule has 0 saturated heterocycles. The fourth-order valence-electron chi connectivity index (χ4n) is 1.74. The zero-order chi connectivity index (χ0) is 13.8. The summed E-state index contributed by atoms with van der Waals surface area (Å²) in [6.07, 6.45) is 0. The van der Waals surface area contributed by atoms with Gasteiger partial charge in [0.2, 0.25) is 0 Å². The van der Waals surface area contributed by atoms with E-state index in [9.17, 15) is 0 Å². The molecule has 0 atom stereocenters. The van der Waals surface area contributed by atoms with E-state index in [-0.39, 0.29) is 0 Å². The van der Waals surface area contributed by atoms with E-state index in [4.69, 9.17) is 11.6 Å². The van der Waals surface area contributed by atoms with Crippen molar-refractivity contribution in [3.8, 4) is 10.6 Å². The normalized spacial score (nSPS) is 10.7. The van der Waals surface area contributed by atoms with Gasteiger partial charge in [-0.1, -0.05) is 41.6 Å². The molecule has 1 aromatic carbocycles. The molecule has 2 aromatic heterocycles. The highest BCUT2D eigenvalue weighted by Gasteiger charge is 2.03. The highest BCUT2D eigenvalue weighted by molar-refractivity contribution is 7.98. The van der Waals surface area contributed by atoms with Crippen LogP contribution in [0.4, 0.5) is 0 Å². The summed E-state index contributed by atoms with van der Waals surface area (Å²) in [5.74, 6) is 0.841. The van der Waals surface area contributed by atoms with Gasteiger partial charge in [0.15, 0.2) is 0 Å². The van der Waals surface area contributed by atoms with Crippen molar-refractivity contribution < 1.29 is 0 Å². The molecular formula is C15H11ClN2S2. The second-order valence-corrected chi connectivity index (χ2v) is 6.53. The van der Waals surface area contributed by atoms with Gasteiger partial charge in [-0.15, -0.1) is 21.5 Å². The lowest BCUT2D eigenvalue weighted by Crippen LogP contribution is -1.88. The number of thioether (sulfide) groups is 1. The van der Waals surface area contributed by atoms with Crippen LogP contribution in [0.25, 0.3) is 10.6 Å². The van der Waals surface area contributed by atoms with E-state index in [2.05, 4.69) is 16.3 Å². The summed E-state index contributed by atoms with van der Waals surface area (Å²) >= 11 is 9.30. The molecule has 2 nitrogen and oxygen atoms in total. The largest absolute Gasteiger partial charge is 0.149 e. The number of benzene rings is 1. The lowest BCUT2D eigenvalue weighted by molar-refractivity contribution is 0.937. The van der Waals surface area contributed by atoms with Crippen LogP contribution < -0.4 is 0 Å². The predicted molar refractivity (Wildman–Crippen MR) is 86.4 cm³/mol. The monoisotopic (exact) mass is 318 g/mol. The van der Waals surface area contributed by atoms with Crippen LogP contribution in [0, 0.1) is 0 Å². The van der Waals surface area contributed by atoms with Gasteiger partial charge < -0.3 is 0 Å². The maximum atomic E-state index is 5.97. The summed E-state index contributed by atoms with van der Waals surface area (Å²) in [6, 6.07) is 16.0. The van der Waals surface area contributed by atoms with Crippen molar-refractivity contribution in [3.63, 3.8) is 0 Å². The second-order valence-electron chi connectivity index (χ2n) is 4.15. The smallest absolute Gasteiger partial charge is 0.119 e. The molecule has 0 aliphatic carbocycles. The highest BCUT2D eigenvalue weighted by Crippen LogP contribution is 2.25. The second kappa shape index (κ2) is 6.39. The summed E-state index contributed by atoms with van der Waals surface area (Å²) in [7, 11) is 0. The van der Waals surface area contributed by atoms with E-state index >= 15 is 0 Å². The summed E-state index contributed by atoms with van der Waals surface area (Å²) in [6.45, 7) is 0. The number of aromatic nitrogens is 2. The van der Waals surface area contributed by atoms with Crippen LogP contribution in [0.1, 0.15) is 5.56 Å². The van der Waals surface area contributed by atoms with Crippen LogP contribution in [0.3, 0.4) is 0 Å². The van der Waals surface area contributed by atoms with Gasteiger partial charge in [-0.25, -0.2) is 0 Å². The molecule has 0 aliphatic rings. The van der Waals surface area contributed by atoms with Gasteiger partial charge >= 0.3 is 0 Å². The van der Waals surface area contributed by atoms with Gasteiger partial charge in [-0.3, -0.25) is 0 Å². The third kappa shape index (κ3) is 3.39. The number of rotatable bonds is 4. The molecule has 20 heavy (non-hydrogen) atoms. The molecular weight excluding hydrogens is 308 g/mol. The van der Waals surface area contributed by atoms with Crippen molar-refractivity contribution in [1.29, 1.82) is 0 Å². The number of nitrogens with zero attached hydrogens (tertiary/aromatic N) is 2. The minimum absolute atomic E-state index is 0.766. The Hall–Kier alpha value is -1.36. The maximum absolute atomic E-state index is 5.97. The van der Waals surface area contributed by atoms with E-state index in [1.54, 1.807) is 23.1 Å². The van der Waals surface area contributed by atoms with E-state index < -0.39 is 0 Å². The van der Waals surface area contributed by atoms with Crippen molar-refractivity contribution in [1.82, 2.24) is 10.2 Å². The van der Waals surface area contributed by atoms with Gasteiger partial charge in [0.1, 0.15) is 10.7 Å². The highest BCUT2D eigenvalue weighted by atomic mass is 35.5. The number of halogens is 1. The molecule has 0 amide bonds. The number of hydrogen-bond donors (Lipinski definition) is 0. The van der Waals surface area contributed by atoms with Crippen molar-refractivity contribution in [2.24, 2.45) is 0 Å². The number of hydrogen-bond acceptors (Lipinski definition) is 4. The minimum atomic E-state index is 0.766. The van der Waals surface area contributed by atoms with E-state index in [1.807, 2.05) is 47.8 Å². The fraction of sp³-hybridized carbons (Fsp3) is 0.0667. The van der Waals surface area contributed by atoms with Gasteiger partial charge in [-0.2, -0.15) is 0 Å². The third-order valence-electron chi connectivity index (χ3n) is 2.69. The quantitative estimate of drug-likeness (QED) is 0.622. The molecule has 0 aliphatic heterocycles. The van der Waals surface area contributed by atoms with E-state index in [0.29, 0.717) is 0 Å². The van der Waals surface area contributed by atoms with Crippen LogP contribution in [0.15, 0.2) is 58.9 Å². The molecule has 0 spiro atoms. The predicted octanol–water partition coefficient (Wildman–Crippen LogP) is 5.15. The van der Waals surface area contributed by atoms with Gasteiger partial charge in [-0.05, 0) is 41.3 Å². The van der Waals surface area contributed by atoms with Gasteiger partial charge in [0, 0.05) is 10.8 Å². The zero-order valence-electron chi connectivity index (χ0n) is 10.5. The molecule has 0 N–H and O–H groups in total. The molecule has 2 heterocycles. The average molecular weight is 319 g/mol. The Labute approximate surface area is 130 Å².